The summed E-state index contributed by atoms with van der Waals surface area (Å²) < 4.78 is 11.7. The summed E-state index contributed by atoms with van der Waals surface area (Å²) in [6.07, 6.45) is 4.24. The third kappa shape index (κ3) is 5.21. The van der Waals surface area contributed by atoms with E-state index in [0.717, 1.165) is 44.2 Å². The lowest BCUT2D eigenvalue weighted by Gasteiger charge is -2.26. The molecular weight excluding hydrogens is 462 g/mol. The molecule has 4 heteroatoms. The normalized spacial score (nSPS) is 10.8. The number of rotatable bonds is 7. The van der Waals surface area contributed by atoms with E-state index >= 15 is 0 Å². The molecule has 0 bridgehead atoms. The minimum Gasteiger partial charge on any atom is -0.497 e. The Morgan fingerprint density at radius 2 is 0.875 bits per heavy atom. The van der Waals surface area contributed by atoms with Gasteiger partial charge in [-0.25, -0.2) is 0 Å². The SMILES string of the molecule is COc1ccc(N(c2ccc(C=Cc3ccc(Br)cc3)cc2)c2ccc(OC)cc2)cc1. The van der Waals surface area contributed by atoms with Gasteiger partial charge in [0.2, 0.25) is 0 Å². The number of halogens is 1. The average molecular weight is 486 g/mol. The monoisotopic (exact) mass is 485 g/mol. The van der Waals surface area contributed by atoms with E-state index in [9.17, 15) is 0 Å². The first-order valence-electron chi connectivity index (χ1n) is 10.3. The number of anilines is 3. The zero-order chi connectivity index (χ0) is 22.3. The summed E-state index contributed by atoms with van der Waals surface area (Å²) in [6, 6.07) is 32.9. The maximum absolute atomic E-state index is 5.33. The summed E-state index contributed by atoms with van der Waals surface area (Å²) in [4.78, 5) is 2.21. The van der Waals surface area contributed by atoms with Crippen molar-refractivity contribution >= 4 is 45.1 Å². The van der Waals surface area contributed by atoms with Gasteiger partial charge in [0.1, 0.15) is 11.5 Å². The van der Waals surface area contributed by atoms with E-state index in [-0.39, 0.29) is 0 Å². The summed E-state index contributed by atoms with van der Waals surface area (Å²) in [5.41, 5.74) is 5.47. The molecular formula is C28H24BrNO2. The van der Waals surface area contributed by atoms with Gasteiger partial charge in [0.15, 0.2) is 0 Å². The maximum Gasteiger partial charge on any atom is 0.119 e. The molecule has 4 aromatic rings. The Bertz CT molecular complexity index is 1120. The largest absolute Gasteiger partial charge is 0.497 e. The first kappa shape index (κ1) is 21.7. The van der Waals surface area contributed by atoms with Crippen LogP contribution in [0.4, 0.5) is 17.1 Å². The molecule has 0 atom stereocenters. The Balaban J connectivity index is 1.64. The molecule has 0 aromatic heterocycles. The molecule has 0 heterocycles. The molecule has 0 aliphatic carbocycles. The Labute approximate surface area is 197 Å². The van der Waals surface area contributed by atoms with Crippen molar-refractivity contribution < 1.29 is 9.47 Å². The van der Waals surface area contributed by atoms with Crippen LogP contribution in [0.2, 0.25) is 0 Å². The van der Waals surface area contributed by atoms with Crippen LogP contribution in [0.5, 0.6) is 11.5 Å². The lowest BCUT2D eigenvalue weighted by Crippen LogP contribution is -2.09. The number of hydrogen-bond acceptors (Lipinski definition) is 3. The summed E-state index contributed by atoms with van der Waals surface area (Å²) in [6.45, 7) is 0. The van der Waals surface area contributed by atoms with Crippen LogP contribution >= 0.6 is 15.9 Å². The van der Waals surface area contributed by atoms with Crippen LogP contribution in [-0.4, -0.2) is 14.2 Å². The van der Waals surface area contributed by atoms with Crippen molar-refractivity contribution in [3.05, 3.63) is 113 Å². The zero-order valence-electron chi connectivity index (χ0n) is 18.0. The Morgan fingerprint density at radius 3 is 1.25 bits per heavy atom. The molecule has 4 rings (SSSR count). The van der Waals surface area contributed by atoms with Crippen LogP contribution < -0.4 is 14.4 Å². The van der Waals surface area contributed by atoms with Crippen molar-refractivity contribution in [1.82, 2.24) is 0 Å². The number of ether oxygens (including phenoxy) is 2. The molecule has 0 spiro atoms. The topological polar surface area (TPSA) is 21.7 Å². The quantitative estimate of drug-likeness (QED) is 0.246. The Morgan fingerprint density at radius 1 is 0.531 bits per heavy atom. The van der Waals surface area contributed by atoms with Crippen molar-refractivity contribution in [1.29, 1.82) is 0 Å². The van der Waals surface area contributed by atoms with Crippen LogP contribution in [-0.2, 0) is 0 Å². The second-order valence-electron chi connectivity index (χ2n) is 7.21. The van der Waals surface area contributed by atoms with Gasteiger partial charge in [-0.3, -0.25) is 0 Å². The van der Waals surface area contributed by atoms with Gasteiger partial charge in [0, 0.05) is 21.5 Å². The minimum absolute atomic E-state index is 0.830. The molecule has 0 amide bonds. The predicted octanol–water partition coefficient (Wildman–Crippen LogP) is 8.11. The molecule has 0 unspecified atom stereocenters. The van der Waals surface area contributed by atoms with E-state index in [4.69, 9.17) is 9.47 Å². The molecule has 3 nitrogen and oxygen atoms in total. The third-order valence-corrected chi connectivity index (χ3v) is 5.68. The number of hydrogen-bond donors (Lipinski definition) is 0. The first-order chi connectivity index (χ1) is 15.7. The van der Waals surface area contributed by atoms with E-state index in [2.05, 4.69) is 93.6 Å². The molecule has 4 aromatic carbocycles. The lowest BCUT2D eigenvalue weighted by molar-refractivity contribution is 0.415. The summed E-state index contributed by atoms with van der Waals surface area (Å²) in [7, 11) is 3.35. The highest BCUT2D eigenvalue weighted by atomic mass is 79.9. The highest BCUT2D eigenvalue weighted by molar-refractivity contribution is 9.10. The Hall–Kier alpha value is -3.50. The first-order valence-corrected chi connectivity index (χ1v) is 11.1. The van der Waals surface area contributed by atoms with E-state index in [1.165, 1.54) is 0 Å². The van der Waals surface area contributed by atoms with Crippen molar-refractivity contribution in [2.24, 2.45) is 0 Å². The van der Waals surface area contributed by atoms with Crippen LogP contribution in [0.25, 0.3) is 12.2 Å². The standard InChI is InChI=1S/C28H24BrNO2/c1-31-27-17-13-25(14-18-27)30(26-15-19-28(32-2)20-16-26)24-11-7-22(8-12-24)4-3-21-5-9-23(29)10-6-21/h3-20H,1-2H3. The predicted molar refractivity (Wildman–Crippen MR) is 137 cm³/mol. The fourth-order valence-corrected chi connectivity index (χ4v) is 3.67. The molecule has 0 N–H and O–H groups in total. The van der Waals surface area contributed by atoms with Crippen LogP contribution in [0.15, 0.2) is 102 Å². The fraction of sp³-hybridized carbons (Fsp3) is 0.0714. The molecule has 0 radical (unpaired) electrons. The molecule has 0 aliphatic heterocycles. The summed E-state index contributed by atoms with van der Waals surface area (Å²) >= 11 is 3.47. The molecule has 160 valence electrons. The number of methoxy groups -OCH3 is 2. The number of nitrogens with zero attached hydrogens (tertiary/aromatic N) is 1. The van der Waals surface area contributed by atoms with Crippen LogP contribution in [0.1, 0.15) is 11.1 Å². The van der Waals surface area contributed by atoms with Crippen molar-refractivity contribution in [2.75, 3.05) is 19.1 Å². The highest BCUT2D eigenvalue weighted by Gasteiger charge is 2.12. The molecule has 32 heavy (non-hydrogen) atoms. The van der Waals surface area contributed by atoms with E-state index in [1.54, 1.807) is 14.2 Å². The van der Waals surface area contributed by atoms with Crippen molar-refractivity contribution in [3.8, 4) is 11.5 Å². The molecule has 0 saturated heterocycles. The van der Waals surface area contributed by atoms with E-state index < -0.39 is 0 Å². The second-order valence-corrected chi connectivity index (χ2v) is 8.12. The van der Waals surface area contributed by atoms with Crippen molar-refractivity contribution in [3.63, 3.8) is 0 Å². The Kier molecular flexibility index (Phi) is 6.93. The molecule has 0 saturated carbocycles. The van der Waals surface area contributed by atoms with Gasteiger partial charge in [-0.2, -0.15) is 0 Å². The molecule has 0 aliphatic rings. The van der Waals surface area contributed by atoms with Gasteiger partial charge in [-0.15, -0.1) is 0 Å². The van der Waals surface area contributed by atoms with Crippen molar-refractivity contribution in [2.45, 2.75) is 0 Å². The maximum atomic E-state index is 5.33. The van der Waals surface area contributed by atoms with Gasteiger partial charge in [-0.05, 0) is 83.9 Å². The highest BCUT2D eigenvalue weighted by Crippen LogP contribution is 2.36. The smallest absolute Gasteiger partial charge is 0.119 e. The van der Waals surface area contributed by atoms with Gasteiger partial charge >= 0.3 is 0 Å². The lowest BCUT2D eigenvalue weighted by atomic mass is 10.1. The fourth-order valence-electron chi connectivity index (χ4n) is 3.41. The summed E-state index contributed by atoms with van der Waals surface area (Å²) in [5.74, 6) is 1.66. The van der Waals surface area contributed by atoms with Crippen LogP contribution in [0.3, 0.4) is 0 Å². The van der Waals surface area contributed by atoms with E-state index in [1.807, 2.05) is 36.4 Å². The zero-order valence-corrected chi connectivity index (χ0v) is 19.6. The number of benzene rings is 4. The molecule has 0 fully saturated rings. The van der Waals surface area contributed by atoms with Gasteiger partial charge in [0.25, 0.3) is 0 Å². The third-order valence-electron chi connectivity index (χ3n) is 5.15. The van der Waals surface area contributed by atoms with Gasteiger partial charge in [0.05, 0.1) is 14.2 Å². The minimum atomic E-state index is 0.830. The van der Waals surface area contributed by atoms with Gasteiger partial charge in [-0.1, -0.05) is 52.3 Å². The van der Waals surface area contributed by atoms with E-state index in [0.29, 0.717) is 0 Å². The average Bonchev–Trinajstić information content (AvgIpc) is 2.85. The van der Waals surface area contributed by atoms with Crippen LogP contribution in [0, 0.1) is 0 Å². The summed E-state index contributed by atoms with van der Waals surface area (Å²) in [5, 5.41) is 0. The second kappa shape index (κ2) is 10.2. The van der Waals surface area contributed by atoms with Gasteiger partial charge < -0.3 is 14.4 Å².